The first kappa shape index (κ1) is 25.0. The second-order valence-corrected chi connectivity index (χ2v) is 10.8. The lowest BCUT2D eigenvalue weighted by Crippen LogP contribution is -2.42. The van der Waals surface area contributed by atoms with E-state index in [2.05, 4.69) is 17.2 Å². The highest BCUT2D eigenvalue weighted by Gasteiger charge is 2.33. The number of hydrogen-bond donors (Lipinski definition) is 2. The number of aromatic carboxylic acids is 1. The van der Waals surface area contributed by atoms with Crippen LogP contribution in [0, 0.1) is 11.8 Å². The van der Waals surface area contributed by atoms with Gasteiger partial charge in [-0.15, -0.1) is 11.3 Å². The van der Waals surface area contributed by atoms with Crippen LogP contribution in [0.1, 0.15) is 67.3 Å². The molecule has 37 heavy (non-hydrogen) atoms. The Morgan fingerprint density at radius 2 is 1.81 bits per heavy atom. The summed E-state index contributed by atoms with van der Waals surface area (Å²) < 4.78 is 5.97. The third-order valence-corrected chi connectivity index (χ3v) is 7.71. The predicted molar refractivity (Wildman–Crippen MR) is 144 cm³/mol. The fourth-order valence-corrected chi connectivity index (χ4v) is 5.67. The lowest BCUT2D eigenvalue weighted by Gasteiger charge is -2.34. The van der Waals surface area contributed by atoms with E-state index in [-0.39, 0.29) is 29.3 Å². The highest BCUT2D eigenvalue weighted by atomic mass is 32.1. The fraction of sp³-hybridized carbons (Fsp3) is 0.357. The van der Waals surface area contributed by atoms with Crippen molar-refractivity contribution in [2.24, 2.45) is 11.8 Å². The van der Waals surface area contributed by atoms with Crippen molar-refractivity contribution in [1.82, 2.24) is 4.98 Å². The molecule has 0 spiro atoms. The number of fused-ring (bicyclic) bond motifs is 3. The van der Waals surface area contributed by atoms with E-state index in [0.717, 1.165) is 25.7 Å². The minimum Gasteiger partial charge on any atom is -0.478 e. The van der Waals surface area contributed by atoms with Crippen molar-refractivity contribution in [2.75, 3.05) is 10.2 Å². The summed E-state index contributed by atoms with van der Waals surface area (Å²) in [7, 11) is 0. The maximum absolute atomic E-state index is 13.7. The number of nitrogens with zero attached hydrogens (tertiary/aromatic N) is 2. The van der Waals surface area contributed by atoms with Gasteiger partial charge in [0.25, 0.3) is 5.91 Å². The van der Waals surface area contributed by atoms with Gasteiger partial charge in [0.15, 0.2) is 0 Å². The lowest BCUT2D eigenvalue weighted by molar-refractivity contribution is -0.123. The summed E-state index contributed by atoms with van der Waals surface area (Å²) in [5.74, 6) is -0.993. The Morgan fingerprint density at radius 1 is 1.08 bits per heavy atom. The first-order valence-corrected chi connectivity index (χ1v) is 13.4. The Bertz CT molecular complexity index is 1480. The number of aromatic nitrogens is 1. The van der Waals surface area contributed by atoms with E-state index in [0.29, 0.717) is 44.9 Å². The van der Waals surface area contributed by atoms with Gasteiger partial charge in [-0.25, -0.2) is 9.78 Å². The zero-order chi connectivity index (χ0) is 26.3. The number of hydrogen-bond acceptors (Lipinski definition) is 6. The van der Waals surface area contributed by atoms with Crippen molar-refractivity contribution >= 4 is 62.4 Å². The largest absolute Gasteiger partial charge is 0.478 e. The van der Waals surface area contributed by atoms with Crippen molar-refractivity contribution in [2.45, 2.75) is 52.5 Å². The molecule has 192 valence electrons. The van der Waals surface area contributed by atoms with Crippen LogP contribution in [0.3, 0.4) is 0 Å². The molecule has 0 radical (unpaired) electrons. The zero-order valence-corrected chi connectivity index (χ0v) is 21.8. The van der Waals surface area contributed by atoms with Crippen LogP contribution in [-0.4, -0.2) is 33.9 Å². The van der Waals surface area contributed by atoms with E-state index >= 15 is 0 Å². The Balaban J connectivity index is 1.58. The summed E-state index contributed by atoms with van der Waals surface area (Å²) in [6.45, 7) is 6.01. The standard InChI is InChI=1S/C28H29N3O5S/c1-15(2)31(27(33)17-6-4-16(3)5-7-17)23-11-20-19-10-18(30-26(32)22-13-37-14-29-22)8-9-24(19)36-25(20)12-21(23)28(34)35/h8-17H,4-7H2,1-3H3,(H,30,32)(H,34,35). The van der Waals surface area contributed by atoms with Gasteiger partial charge < -0.3 is 19.7 Å². The number of rotatable bonds is 6. The molecule has 0 aliphatic heterocycles. The molecule has 0 saturated heterocycles. The van der Waals surface area contributed by atoms with Gasteiger partial charge in [-0.1, -0.05) is 6.92 Å². The van der Waals surface area contributed by atoms with Crippen LogP contribution in [0.25, 0.3) is 21.9 Å². The third-order valence-electron chi connectivity index (χ3n) is 7.12. The number of benzene rings is 2. The average Bonchev–Trinajstić information content (AvgIpc) is 3.52. The number of carboxylic acids is 1. The molecule has 2 aromatic heterocycles. The molecule has 4 aromatic rings. The molecule has 0 unspecified atom stereocenters. The Hall–Kier alpha value is -3.72. The molecule has 1 fully saturated rings. The van der Waals surface area contributed by atoms with Crippen LogP contribution in [0.5, 0.6) is 0 Å². The number of nitrogens with one attached hydrogen (secondary N) is 1. The first-order chi connectivity index (χ1) is 17.7. The molecule has 1 aliphatic rings. The Kier molecular flexibility index (Phi) is 6.72. The molecular weight excluding hydrogens is 490 g/mol. The Labute approximate surface area is 218 Å². The maximum Gasteiger partial charge on any atom is 0.337 e. The lowest BCUT2D eigenvalue weighted by atomic mass is 9.82. The monoisotopic (exact) mass is 519 g/mol. The van der Waals surface area contributed by atoms with Gasteiger partial charge in [-0.05, 0) is 75.8 Å². The second kappa shape index (κ2) is 9.97. The first-order valence-electron chi connectivity index (χ1n) is 12.5. The minimum atomic E-state index is -1.12. The van der Waals surface area contributed by atoms with Crippen LogP contribution in [0.2, 0.25) is 0 Å². The summed E-state index contributed by atoms with van der Waals surface area (Å²) in [6.07, 6.45) is 3.61. The minimum absolute atomic E-state index is 0.0230. The van der Waals surface area contributed by atoms with Crippen LogP contribution >= 0.6 is 11.3 Å². The molecule has 1 aliphatic carbocycles. The van der Waals surface area contributed by atoms with Gasteiger partial charge in [-0.2, -0.15) is 0 Å². The fourth-order valence-electron chi connectivity index (χ4n) is 5.13. The Morgan fingerprint density at radius 3 is 2.46 bits per heavy atom. The van der Waals surface area contributed by atoms with E-state index in [1.807, 2.05) is 13.8 Å². The summed E-state index contributed by atoms with van der Waals surface area (Å²) in [6, 6.07) is 8.25. The van der Waals surface area contributed by atoms with Gasteiger partial charge in [0.05, 0.1) is 16.8 Å². The van der Waals surface area contributed by atoms with Crippen LogP contribution in [0.4, 0.5) is 11.4 Å². The molecule has 0 bridgehead atoms. The molecule has 9 heteroatoms. The van der Waals surface area contributed by atoms with Crippen LogP contribution in [0.15, 0.2) is 45.6 Å². The maximum atomic E-state index is 13.7. The number of anilines is 2. The highest BCUT2D eigenvalue weighted by Crippen LogP contribution is 2.38. The predicted octanol–water partition coefficient (Wildman–Crippen LogP) is 6.56. The van der Waals surface area contributed by atoms with Crippen molar-refractivity contribution in [3.05, 3.63) is 52.5 Å². The molecule has 2 aromatic carbocycles. The number of furan rings is 1. The number of carboxylic acid groups (broad SMARTS) is 1. The second-order valence-electron chi connectivity index (χ2n) is 10.1. The summed E-state index contributed by atoms with van der Waals surface area (Å²) in [5, 5.41) is 16.0. The third kappa shape index (κ3) is 4.83. The molecule has 1 saturated carbocycles. The van der Waals surface area contributed by atoms with Crippen molar-refractivity contribution in [1.29, 1.82) is 0 Å². The smallest absolute Gasteiger partial charge is 0.337 e. The van der Waals surface area contributed by atoms with E-state index < -0.39 is 5.97 Å². The summed E-state index contributed by atoms with van der Waals surface area (Å²) in [5.41, 5.74) is 3.83. The van der Waals surface area contributed by atoms with Gasteiger partial charge in [0, 0.05) is 33.8 Å². The molecule has 0 atom stereocenters. The number of carbonyl (C=O) groups is 3. The SMILES string of the molecule is CC1CCC(C(=O)N(c2cc3c(cc2C(=O)O)oc2ccc(NC(=O)c4cscn4)cc23)C(C)C)CC1. The molecule has 5 rings (SSSR count). The molecule has 2 heterocycles. The number of carbonyl (C=O) groups excluding carboxylic acids is 2. The summed E-state index contributed by atoms with van der Waals surface area (Å²) in [4.78, 5) is 44.2. The number of thiazole rings is 1. The quantitative estimate of drug-likeness (QED) is 0.298. The number of amides is 2. The van der Waals surface area contributed by atoms with E-state index in [1.54, 1.807) is 40.1 Å². The molecule has 2 N–H and O–H groups in total. The van der Waals surface area contributed by atoms with Crippen LogP contribution in [-0.2, 0) is 4.79 Å². The summed E-state index contributed by atoms with van der Waals surface area (Å²) >= 11 is 1.34. The average molecular weight is 520 g/mol. The van der Waals surface area contributed by atoms with Crippen molar-refractivity contribution < 1.29 is 23.9 Å². The van der Waals surface area contributed by atoms with E-state index in [1.165, 1.54) is 17.4 Å². The zero-order valence-electron chi connectivity index (χ0n) is 21.0. The molecule has 2 amide bonds. The molecule has 8 nitrogen and oxygen atoms in total. The van der Waals surface area contributed by atoms with Gasteiger partial charge in [0.2, 0.25) is 5.91 Å². The van der Waals surface area contributed by atoms with Gasteiger partial charge in [-0.3, -0.25) is 9.59 Å². The molecular formula is C28H29N3O5S. The topological polar surface area (TPSA) is 113 Å². The van der Waals surface area contributed by atoms with Crippen molar-refractivity contribution in [3.8, 4) is 0 Å². The normalized spacial score (nSPS) is 17.8. The van der Waals surface area contributed by atoms with Gasteiger partial charge >= 0.3 is 5.97 Å². The van der Waals surface area contributed by atoms with E-state index in [4.69, 9.17) is 4.42 Å². The highest BCUT2D eigenvalue weighted by molar-refractivity contribution is 7.07. The van der Waals surface area contributed by atoms with Crippen molar-refractivity contribution in [3.63, 3.8) is 0 Å². The van der Waals surface area contributed by atoms with E-state index in [9.17, 15) is 19.5 Å². The van der Waals surface area contributed by atoms with Gasteiger partial charge in [0.1, 0.15) is 16.9 Å². The van der Waals surface area contributed by atoms with Crippen LogP contribution < -0.4 is 10.2 Å².